The van der Waals surface area contributed by atoms with E-state index in [1.165, 1.54) is 6.92 Å². The van der Waals surface area contributed by atoms with Gasteiger partial charge in [0.25, 0.3) is 0 Å². The Hall–Kier alpha value is -1.74. The summed E-state index contributed by atoms with van der Waals surface area (Å²) in [5, 5.41) is 11.4. The van der Waals surface area contributed by atoms with E-state index in [1.54, 1.807) is 19.6 Å². The van der Waals surface area contributed by atoms with E-state index in [9.17, 15) is 14.7 Å². The molecule has 2 aliphatic carbocycles. The van der Waals surface area contributed by atoms with Crippen LogP contribution in [-0.4, -0.2) is 55.2 Å². The van der Waals surface area contributed by atoms with E-state index < -0.39 is 40.7 Å². The number of ether oxygens (including phenoxy) is 4. The fourth-order valence-electron chi connectivity index (χ4n) is 7.04. The number of ketones is 1. The third-order valence-corrected chi connectivity index (χ3v) is 8.58. The summed E-state index contributed by atoms with van der Waals surface area (Å²) in [5.74, 6) is -1.38. The Bertz CT molecular complexity index is 861. The largest absolute Gasteiger partial charge is 0.472 e. The molecule has 4 aliphatic rings. The fourth-order valence-corrected chi connectivity index (χ4v) is 7.04. The number of aliphatic hydroxyl groups excluding tert-OH is 1. The van der Waals surface area contributed by atoms with Crippen LogP contribution in [0.25, 0.3) is 0 Å². The molecule has 2 saturated carbocycles. The lowest BCUT2D eigenvalue weighted by atomic mass is 9.42. The van der Waals surface area contributed by atoms with Crippen LogP contribution in [0, 0.1) is 22.7 Å². The molecule has 1 aromatic rings. The average Bonchev–Trinajstić information content (AvgIpc) is 3.18. The number of esters is 1. The van der Waals surface area contributed by atoms with Crippen LogP contribution >= 0.6 is 0 Å². The molecule has 0 bridgehead atoms. The summed E-state index contributed by atoms with van der Waals surface area (Å²) >= 11 is 0. The zero-order chi connectivity index (χ0) is 22.0. The molecule has 2 saturated heterocycles. The molecule has 2 aliphatic heterocycles. The quantitative estimate of drug-likeness (QED) is 0.569. The van der Waals surface area contributed by atoms with Crippen molar-refractivity contribution < 1.29 is 38.1 Å². The Morgan fingerprint density at radius 1 is 1.39 bits per heavy atom. The molecule has 170 valence electrons. The van der Waals surface area contributed by atoms with Gasteiger partial charge in [-0.15, -0.1) is 0 Å². The van der Waals surface area contributed by atoms with Crippen molar-refractivity contribution in [2.75, 3.05) is 20.3 Å². The van der Waals surface area contributed by atoms with Gasteiger partial charge in [-0.1, -0.05) is 13.3 Å². The SMILES string of the molecule is CO[C@@H]1O[C@H](c2ccoc2)C[C@]12[C@H](C)C(=O)[C@H](O)[C@]1(COC(C)=O)[C@@H]2CCC[C@]12CO2. The number of hydrogen-bond donors (Lipinski definition) is 1. The predicted octanol–water partition coefficient (Wildman–Crippen LogP) is 2.40. The molecule has 0 unspecified atom stereocenters. The third-order valence-electron chi connectivity index (χ3n) is 8.58. The fraction of sp³-hybridized carbons (Fsp3) is 0.739. The van der Waals surface area contributed by atoms with Crippen molar-refractivity contribution in [2.24, 2.45) is 22.7 Å². The van der Waals surface area contributed by atoms with E-state index in [2.05, 4.69) is 0 Å². The predicted molar refractivity (Wildman–Crippen MR) is 106 cm³/mol. The normalized spacial score (nSPS) is 46.3. The van der Waals surface area contributed by atoms with E-state index in [0.29, 0.717) is 13.0 Å². The Labute approximate surface area is 181 Å². The number of Topliss-reactive ketones (excluding diaryl/α,β-unsaturated/α-hetero) is 1. The second kappa shape index (κ2) is 7.13. The second-order valence-electron chi connectivity index (χ2n) is 9.64. The zero-order valence-corrected chi connectivity index (χ0v) is 18.2. The highest BCUT2D eigenvalue weighted by Gasteiger charge is 2.79. The molecule has 8 heteroatoms. The minimum absolute atomic E-state index is 0.0544. The number of aliphatic hydroxyl groups is 1. The first-order valence-corrected chi connectivity index (χ1v) is 11.0. The second-order valence-corrected chi connectivity index (χ2v) is 9.64. The lowest BCUT2D eigenvalue weighted by Gasteiger charge is -2.61. The molecule has 1 aromatic heterocycles. The van der Waals surface area contributed by atoms with Crippen molar-refractivity contribution in [2.45, 2.75) is 63.6 Å². The molecule has 4 fully saturated rings. The molecule has 2 spiro atoms. The maximum atomic E-state index is 13.6. The highest BCUT2D eigenvalue weighted by molar-refractivity contribution is 5.88. The maximum absolute atomic E-state index is 13.6. The molecular formula is C23H30O8. The number of hydrogen-bond acceptors (Lipinski definition) is 8. The van der Waals surface area contributed by atoms with Crippen LogP contribution in [-0.2, 0) is 28.5 Å². The minimum atomic E-state index is -1.27. The molecule has 0 amide bonds. The highest BCUT2D eigenvalue weighted by atomic mass is 16.7. The molecular weight excluding hydrogens is 404 g/mol. The summed E-state index contributed by atoms with van der Waals surface area (Å²) in [6, 6.07) is 1.86. The first-order chi connectivity index (χ1) is 14.8. The van der Waals surface area contributed by atoms with Crippen LogP contribution in [0.3, 0.4) is 0 Å². The summed E-state index contributed by atoms with van der Waals surface area (Å²) in [6.07, 6.45) is 3.98. The summed E-state index contributed by atoms with van der Waals surface area (Å²) in [5.41, 5.74) is -1.48. The lowest BCUT2D eigenvalue weighted by molar-refractivity contribution is -0.255. The molecule has 3 heterocycles. The van der Waals surface area contributed by atoms with Gasteiger partial charge in [0.15, 0.2) is 12.1 Å². The standard InChI is InChI=1S/C23H30O8/c1-13-18(25)19(26)23(12-29-14(2)24)17(5-4-7-21(23)11-30-21)22(13)9-16(31-20(22)27-3)15-6-8-28-10-15/h6,8,10,13,16-17,19-20,26H,4-5,7,9,11-12H2,1-3H3/t13-,16+,17-,19+,20-,21+,22-,23+/m1/s1. The summed E-state index contributed by atoms with van der Waals surface area (Å²) in [6.45, 7) is 3.60. The van der Waals surface area contributed by atoms with E-state index in [0.717, 1.165) is 24.8 Å². The number of carbonyl (C=O) groups is 2. The van der Waals surface area contributed by atoms with Crippen LogP contribution in [0.4, 0.5) is 0 Å². The van der Waals surface area contributed by atoms with Gasteiger partial charge < -0.3 is 28.5 Å². The Balaban J connectivity index is 1.65. The highest BCUT2D eigenvalue weighted by Crippen LogP contribution is 2.71. The summed E-state index contributed by atoms with van der Waals surface area (Å²) in [4.78, 5) is 25.4. The van der Waals surface area contributed by atoms with Crippen LogP contribution in [0.2, 0.25) is 0 Å². The Morgan fingerprint density at radius 3 is 2.77 bits per heavy atom. The topological polar surface area (TPSA) is 108 Å². The van der Waals surface area contributed by atoms with Crippen molar-refractivity contribution >= 4 is 11.8 Å². The Morgan fingerprint density at radius 2 is 2.16 bits per heavy atom. The third kappa shape index (κ3) is 2.68. The van der Waals surface area contributed by atoms with Gasteiger partial charge >= 0.3 is 5.97 Å². The number of rotatable bonds is 4. The molecule has 0 aromatic carbocycles. The molecule has 0 radical (unpaired) electrons. The number of epoxide rings is 1. The molecule has 8 nitrogen and oxygen atoms in total. The zero-order valence-electron chi connectivity index (χ0n) is 18.2. The van der Waals surface area contributed by atoms with Crippen LogP contribution in [0.1, 0.15) is 51.2 Å². The van der Waals surface area contributed by atoms with Crippen molar-refractivity contribution in [3.63, 3.8) is 0 Å². The maximum Gasteiger partial charge on any atom is 0.302 e. The molecule has 5 rings (SSSR count). The minimum Gasteiger partial charge on any atom is -0.472 e. The molecule has 31 heavy (non-hydrogen) atoms. The van der Waals surface area contributed by atoms with Gasteiger partial charge in [0.2, 0.25) is 0 Å². The van der Waals surface area contributed by atoms with Crippen molar-refractivity contribution in [3.05, 3.63) is 24.2 Å². The first kappa shape index (κ1) is 21.1. The van der Waals surface area contributed by atoms with Crippen LogP contribution < -0.4 is 0 Å². The van der Waals surface area contributed by atoms with E-state index in [1.807, 2.05) is 13.0 Å². The monoisotopic (exact) mass is 434 g/mol. The Kier molecular flexibility index (Phi) is 4.86. The number of furan rings is 1. The van der Waals surface area contributed by atoms with Crippen LogP contribution in [0.15, 0.2) is 23.0 Å². The van der Waals surface area contributed by atoms with Crippen LogP contribution in [0.5, 0.6) is 0 Å². The van der Waals surface area contributed by atoms with E-state index in [-0.39, 0.29) is 24.4 Å². The van der Waals surface area contributed by atoms with Crippen molar-refractivity contribution in [3.8, 4) is 0 Å². The van der Waals surface area contributed by atoms with E-state index in [4.69, 9.17) is 23.4 Å². The summed E-state index contributed by atoms with van der Waals surface area (Å²) in [7, 11) is 1.59. The number of carbonyl (C=O) groups excluding carboxylic acids is 2. The van der Waals surface area contributed by atoms with E-state index >= 15 is 0 Å². The number of methoxy groups -OCH3 is 1. The van der Waals surface area contributed by atoms with Gasteiger partial charge in [0, 0.05) is 30.9 Å². The smallest absolute Gasteiger partial charge is 0.302 e. The van der Waals surface area contributed by atoms with Gasteiger partial charge in [-0.3, -0.25) is 9.59 Å². The number of fused-ring (bicyclic) bond motifs is 3. The average molecular weight is 434 g/mol. The van der Waals surface area contributed by atoms with Crippen molar-refractivity contribution in [1.29, 1.82) is 0 Å². The molecule has 1 N–H and O–H groups in total. The van der Waals surface area contributed by atoms with Gasteiger partial charge in [-0.05, 0) is 31.2 Å². The van der Waals surface area contributed by atoms with Gasteiger partial charge in [0.1, 0.15) is 18.3 Å². The summed E-state index contributed by atoms with van der Waals surface area (Å²) < 4.78 is 29.0. The van der Waals surface area contributed by atoms with Gasteiger partial charge in [0.05, 0.1) is 30.7 Å². The van der Waals surface area contributed by atoms with Gasteiger partial charge in [-0.25, -0.2) is 0 Å². The van der Waals surface area contributed by atoms with Crippen molar-refractivity contribution in [1.82, 2.24) is 0 Å². The lowest BCUT2D eigenvalue weighted by Crippen LogP contribution is -2.71. The molecule has 8 atom stereocenters. The van der Waals surface area contributed by atoms with Gasteiger partial charge in [-0.2, -0.15) is 0 Å². The first-order valence-electron chi connectivity index (χ1n) is 11.0.